The highest BCUT2D eigenvalue weighted by molar-refractivity contribution is 6.18. The Hall–Kier alpha value is -3.95. The summed E-state index contributed by atoms with van der Waals surface area (Å²) >= 11 is 0. The molecule has 276 valence electrons. The molecule has 3 N–H and O–H groups in total. The first-order valence-corrected chi connectivity index (χ1v) is 18.3. The van der Waals surface area contributed by atoms with Crippen LogP contribution in [0.25, 0.3) is 0 Å². The molecular weight excluding hydrogens is 646 g/mol. The SMILES string of the molecule is CCOCCNC(=O)/C(C)=C/CC12OC(C)(C)C3CC(C=C4C(=O)c5c(O)c(C/C=C(\C)CCC=C(C)C)c(O)c(CC=C(C)C)c5OC431)C2=O. The summed E-state index contributed by atoms with van der Waals surface area (Å²) in [4.78, 5) is 42.3. The molecule has 3 aliphatic carbocycles. The second-order valence-corrected chi connectivity index (χ2v) is 15.5. The third kappa shape index (κ3) is 6.63. The number of benzene rings is 1. The maximum absolute atomic E-state index is 14.9. The molecule has 0 radical (unpaired) electrons. The number of ketones is 2. The first-order chi connectivity index (χ1) is 24.0. The molecule has 2 aliphatic heterocycles. The number of hydrogen-bond acceptors (Lipinski definition) is 8. The predicted octanol–water partition coefficient (Wildman–Crippen LogP) is 7.34. The Bertz CT molecular complexity index is 1770. The zero-order valence-electron chi connectivity index (χ0n) is 31.7. The number of fused-ring (bicyclic) bond motifs is 1. The Kier molecular flexibility index (Phi) is 10.9. The summed E-state index contributed by atoms with van der Waals surface area (Å²) in [6.45, 7) is 18.7. The van der Waals surface area contributed by atoms with E-state index >= 15 is 0 Å². The summed E-state index contributed by atoms with van der Waals surface area (Å²) < 4.78 is 19.2. The minimum Gasteiger partial charge on any atom is -0.507 e. The van der Waals surface area contributed by atoms with Gasteiger partial charge < -0.3 is 29.7 Å². The third-order valence-corrected chi connectivity index (χ3v) is 10.9. The quantitative estimate of drug-likeness (QED) is 0.104. The fourth-order valence-corrected chi connectivity index (χ4v) is 8.33. The lowest BCUT2D eigenvalue weighted by molar-refractivity contribution is -0.171. The van der Waals surface area contributed by atoms with Crippen molar-refractivity contribution < 1.29 is 38.8 Å². The molecule has 9 heteroatoms. The van der Waals surface area contributed by atoms with Crippen LogP contribution in [0.2, 0.25) is 0 Å². The normalized spacial score (nSPS) is 25.9. The molecule has 1 saturated heterocycles. The van der Waals surface area contributed by atoms with E-state index in [2.05, 4.69) is 25.2 Å². The Balaban J connectivity index is 1.63. The standard InChI is InChI=1S/C42H55NO8/c1-10-49-21-20-43-39(48)27(7)18-19-41-38(47)28-22-31-36(46)33-35(45)29(17-15-26(6)13-11-12-24(2)3)34(44)30(16-14-25(4)5)37(33)50-42(31,41)32(23-28)40(8,9)51-41/h12,14-15,18,22,28,32,44-45H,10-11,13,16-17,19-21,23H2,1-9H3,(H,43,48)/b26-15+,27-18+. The van der Waals surface area contributed by atoms with E-state index in [9.17, 15) is 24.6 Å². The highest BCUT2D eigenvalue weighted by atomic mass is 16.6. The molecular formula is C42H55NO8. The summed E-state index contributed by atoms with van der Waals surface area (Å²) in [5.41, 5.74) is 0.670. The largest absolute Gasteiger partial charge is 0.507 e. The zero-order valence-corrected chi connectivity index (χ0v) is 31.7. The van der Waals surface area contributed by atoms with Gasteiger partial charge in [0.1, 0.15) is 22.8 Å². The van der Waals surface area contributed by atoms with Gasteiger partial charge in [0.05, 0.1) is 12.2 Å². The van der Waals surface area contributed by atoms with E-state index < -0.39 is 34.4 Å². The van der Waals surface area contributed by atoms with Gasteiger partial charge >= 0.3 is 0 Å². The number of hydrogen-bond donors (Lipinski definition) is 3. The van der Waals surface area contributed by atoms with E-state index in [1.165, 1.54) is 5.57 Å². The number of Topliss-reactive ketones (excluding diaryl/α,β-unsaturated/α-hetero) is 2. The molecule has 1 aromatic carbocycles. The van der Waals surface area contributed by atoms with Gasteiger partial charge in [-0.2, -0.15) is 0 Å². The topological polar surface area (TPSA) is 131 Å². The second kappa shape index (κ2) is 14.6. The summed E-state index contributed by atoms with van der Waals surface area (Å²) in [5, 5.41) is 26.5. The Morgan fingerprint density at radius 1 is 0.980 bits per heavy atom. The van der Waals surface area contributed by atoms with Gasteiger partial charge in [-0.1, -0.05) is 47.1 Å². The van der Waals surface area contributed by atoms with Crippen molar-refractivity contribution in [3.8, 4) is 17.2 Å². The van der Waals surface area contributed by atoms with Crippen molar-refractivity contribution in [3.05, 3.63) is 74.9 Å². The van der Waals surface area contributed by atoms with Crippen molar-refractivity contribution in [1.29, 1.82) is 0 Å². The van der Waals surface area contributed by atoms with Gasteiger partial charge in [0.2, 0.25) is 5.91 Å². The average Bonchev–Trinajstić information content (AvgIpc) is 3.21. The van der Waals surface area contributed by atoms with Crippen molar-refractivity contribution in [2.45, 2.75) is 118 Å². The molecule has 4 atom stereocenters. The first kappa shape index (κ1) is 38.3. The second-order valence-electron chi connectivity index (χ2n) is 15.5. The summed E-state index contributed by atoms with van der Waals surface area (Å²) in [7, 11) is 0. The van der Waals surface area contributed by atoms with Crippen LogP contribution in [-0.2, 0) is 31.9 Å². The van der Waals surface area contributed by atoms with Crippen LogP contribution < -0.4 is 10.1 Å². The first-order valence-electron chi connectivity index (χ1n) is 18.3. The molecule has 4 unspecified atom stereocenters. The van der Waals surface area contributed by atoms with Crippen molar-refractivity contribution >= 4 is 17.5 Å². The average molecular weight is 702 g/mol. The van der Waals surface area contributed by atoms with Crippen LogP contribution in [0.15, 0.2) is 58.2 Å². The van der Waals surface area contributed by atoms with Crippen LogP contribution in [-0.4, -0.2) is 64.2 Å². The zero-order chi connectivity index (χ0) is 37.5. The minimum absolute atomic E-state index is 0.000166. The molecule has 1 amide bonds. The summed E-state index contributed by atoms with van der Waals surface area (Å²) in [5.74, 6) is -2.28. The highest BCUT2D eigenvalue weighted by Gasteiger charge is 2.81. The molecule has 51 heavy (non-hydrogen) atoms. The van der Waals surface area contributed by atoms with E-state index in [0.29, 0.717) is 42.9 Å². The maximum atomic E-state index is 14.9. The predicted molar refractivity (Wildman–Crippen MR) is 197 cm³/mol. The van der Waals surface area contributed by atoms with E-state index in [1.54, 1.807) is 19.1 Å². The van der Waals surface area contributed by atoms with E-state index in [-0.39, 0.29) is 59.3 Å². The molecule has 4 bridgehead atoms. The number of carbonyl (C=O) groups is 3. The van der Waals surface area contributed by atoms with Gasteiger partial charge in [0, 0.05) is 53.7 Å². The fourth-order valence-electron chi connectivity index (χ4n) is 8.33. The minimum atomic E-state index is -1.61. The molecule has 2 heterocycles. The lowest BCUT2D eigenvalue weighted by Gasteiger charge is -2.56. The van der Waals surface area contributed by atoms with Gasteiger partial charge in [-0.05, 0) is 94.4 Å². The van der Waals surface area contributed by atoms with Gasteiger partial charge in [-0.15, -0.1) is 0 Å². The summed E-state index contributed by atoms with van der Waals surface area (Å²) in [6.07, 6.45) is 12.1. The molecule has 1 aromatic rings. The number of carbonyl (C=O) groups excluding carboxylic acids is 3. The van der Waals surface area contributed by atoms with Crippen LogP contribution in [0.5, 0.6) is 17.2 Å². The van der Waals surface area contributed by atoms with Crippen LogP contribution in [0.4, 0.5) is 0 Å². The lowest BCUT2D eigenvalue weighted by atomic mass is 9.51. The summed E-state index contributed by atoms with van der Waals surface area (Å²) in [6, 6.07) is 0. The van der Waals surface area contributed by atoms with Crippen LogP contribution >= 0.6 is 0 Å². The molecule has 1 saturated carbocycles. The monoisotopic (exact) mass is 701 g/mol. The Morgan fingerprint density at radius 2 is 1.67 bits per heavy atom. The molecule has 1 spiro atoms. The Morgan fingerprint density at radius 3 is 2.33 bits per heavy atom. The van der Waals surface area contributed by atoms with Gasteiger partial charge in [-0.25, -0.2) is 0 Å². The number of amides is 1. The smallest absolute Gasteiger partial charge is 0.246 e. The van der Waals surface area contributed by atoms with Gasteiger partial charge in [0.15, 0.2) is 22.8 Å². The van der Waals surface area contributed by atoms with Gasteiger partial charge in [0.25, 0.3) is 0 Å². The van der Waals surface area contributed by atoms with Crippen LogP contribution in [0.3, 0.4) is 0 Å². The third-order valence-electron chi connectivity index (χ3n) is 10.9. The van der Waals surface area contributed by atoms with E-state index in [1.807, 2.05) is 53.7 Å². The fraction of sp³-hybridized carbons (Fsp3) is 0.548. The molecule has 6 rings (SSSR count). The number of allylic oxidation sites excluding steroid dienone is 7. The maximum Gasteiger partial charge on any atom is 0.246 e. The van der Waals surface area contributed by atoms with Gasteiger partial charge in [-0.3, -0.25) is 14.4 Å². The Labute approximate surface area is 302 Å². The highest BCUT2D eigenvalue weighted by Crippen LogP contribution is 2.68. The van der Waals surface area contributed by atoms with E-state index in [4.69, 9.17) is 14.2 Å². The molecule has 0 aromatic heterocycles. The van der Waals surface area contributed by atoms with Crippen molar-refractivity contribution in [2.75, 3.05) is 19.8 Å². The number of ether oxygens (including phenoxy) is 3. The number of nitrogens with one attached hydrogen (secondary N) is 1. The van der Waals surface area contributed by atoms with Crippen molar-refractivity contribution in [1.82, 2.24) is 5.32 Å². The number of rotatable bonds is 14. The van der Waals surface area contributed by atoms with Crippen molar-refractivity contribution in [3.63, 3.8) is 0 Å². The van der Waals surface area contributed by atoms with Crippen LogP contribution in [0.1, 0.15) is 109 Å². The van der Waals surface area contributed by atoms with Crippen LogP contribution in [0, 0.1) is 11.8 Å². The van der Waals surface area contributed by atoms with E-state index in [0.717, 1.165) is 24.0 Å². The number of phenols is 2. The number of aromatic hydroxyl groups is 2. The lowest BCUT2D eigenvalue weighted by Crippen LogP contribution is -2.72. The molecule has 2 fully saturated rings. The molecule has 5 aliphatic rings. The van der Waals surface area contributed by atoms with Crippen molar-refractivity contribution in [2.24, 2.45) is 11.8 Å². The molecule has 9 nitrogen and oxygen atoms in total. The number of phenolic OH excluding ortho intramolecular Hbond substituents is 2.